The van der Waals surface area contributed by atoms with Crippen molar-refractivity contribution in [2.24, 2.45) is 0 Å². The average molecular weight is 240 g/mol. The monoisotopic (exact) mass is 240 g/mol. The van der Waals surface area contributed by atoms with Crippen molar-refractivity contribution < 1.29 is 14.6 Å². The third kappa shape index (κ3) is 5.37. The SMILES string of the molecule is CCCCCCCCC(OO)c1ccc(C)o1. The molecular formula is C14H24O3. The van der Waals surface area contributed by atoms with Gasteiger partial charge in [-0.2, -0.15) is 0 Å². The van der Waals surface area contributed by atoms with Crippen molar-refractivity contribution in [3.63, 3.8) is 0 Å². The third-order valence-corrected chi connectivity index (χ3v) is 3.03. The molecule has 3 heteroatoms. The normalized spacial score (nSPS) is 12.9. The molecule has 17 heavy (non-hydrogen) atoms. The number of hydrogen-bond donors (Lipinski definition) is 1. The Kier molecular flexibility index (Phi) is 6.97. The second kappa shape index (κ2) is 8.31. The van der Waals surface area contributed by atoms with Gasteiger partial charge in [0.2, 0.25) is 0 Å². The first-order valence-corrected chi connectivity index (χ1v) is 6.64. The van der Waals surface area contributed by atoms with Crippen LogP contribution in [-0.4, -0.2) is 5.26 Å². The van der Waals surface area contributed by atoms with E-state index in [9.17, 15) is 0 Å². The maximum atomic E-state index is 8.87. The molecule has 1 unspecified atom stereocenters. The first-order chi connectivity index (χ1) is 8.27. The van der Waals surface area contributed by atoms with Crippen LogP contribution in [0.25, 0.3) is 0 Å². The van der Waals surface area contributed by atoms with Crippen LogP contribution in [0.1, 0.15) is 69.5 Å². The Hall–Kier alpha value is -0.800. The first-order valence-electron chi connectivity index (χ1n) is 6.64. The Bertz CT molecular complexity index is 293. The second-order valence-corrected chi connectivity index (χ2v) is 4.60. The van der Waals surface area contributed by atoms with Gasteiger partial charge in [0.25, 0.3) is 0 Å². The number of unbranched alkanes of at least 4 members (excludes halogenated alkanes) is 5. The summed E-state index contributed by atoms with van der Waals surface area (Å²) in [7, 11) is 0. The van der Waals surface area contributed by atoms with Crippen LogP contribution in [0, 0.1) is 6.92 Å². The summed E-state index contributed by atoms with van der Waals surface area (Å²) in [6, 6.07) is 3.76. The Labute approximate surface area is 104 Å². The zero-order valence-corrected chi connectivity index (χ0v) is 10.9. The summed E-state index contributed by atoms with van der Waals surface area (Å²) < 4.78 is 5.45. The van der Waals surface area contributed by atoms with Gasteiger partial charge in [0, 0.05) is 0 Å². The highest BCUT2D eigenvalue weighted by Gasteiger charge is 2.15. The molecular weight excluding hydrogens is 216 g/mol. The standard InChI is InChI=1S/C14H24O3/c1-3-4-5-6-7-8-9-14(17-15)13-11-10-12(2)16-13/h10-11,14-15H,3-9H2,1-2H3. The molecule has 0 saturated carbocycles. The molecule has 98 valence electrons. The van der Waals surface area contributed by atoms with Gasteiger partial charge in [0.05, 0.1) is 0 Å². The summed E-state index contributed by atoms with van der Waals surface area (Å²) in [6.45, 7) is 4.11. The van der Waals surface area contributed by atoms with Crippen molar-refractivity contribution in [3.05, 3.63) is 23.7 Å². The lowest BCUT2D eigenvalue weighted by Gasteiger charge is -2.10. The number of hydrogen-bond acceptors (Lipinski definition) is 3. The van der Waals surface area contributed by atoms with E-state index >= 15 is 0 Å². The molecule has 1 atom stereocenters. The summed E-state index contributed by atoms with van der Waals surface area (Å²) in [5.41, 5.74) is 0. The largest absolute Gasteiger partial charge is 0.463 e. The smallest absolute Gasteiger partial charge is 0.150 e. The zero-order chi connectivity index (χ0) is 12.5. The summed E-state index contributed by atoms with van der Waals surface area (Å²) in [6.07, 6.45) is 7.93. The summed E-state index contributed by atoms with van der Waals surface area (Å²) in [5, 5.41) is 8.87. The highest BCUT2D eigenvalue weighted by molar-refractivity contribution is 5.08. The number of furan rings is 1. The molecule has 0 amide bonds. The quantitative estimate of drug-likeness (QED) is 0.380. The minimum absolute atomic E-state index is 0.310. The predicted molar refractivity (Wildman–Crippen MR) is 67.9 cm³/mol. The van der Waals surface area contributed by atoms with Crippen LogP contribution in [0.2, 0.25) is 0 Å². The van der Waals surface area contributed by atoms with Crippen LogP contribution in [0.3, 0.4) is 0 Å². The van der Waals surface area contributed by atoms with E-state index in [2.05, 4.69) is 11.8 Å². The molecule has 0 aliphatic carbocycles. The molecule has 1 rings (SSSR count). The summed E-state index contributed by atoms with van der Waals surface area (Å²) in [4.78, 5) is 4.48. The van der Waals surface area contributed by atoms with Crippen LogP contribution < -0.4 is 0 Å². The molecule has 1 N–H and O–H groups in total. The Balaban J connectivity index is 2.19. The van der Waals surface area contributed by atoms with Gasteiger partial charge in [0.1, 0.15) is 11.5 Å². The Morgan fingerprint density at radius 1 is 1.18 bits per heavy atom. The molecule has 0 aliphatic rings. The van der Waals surface area contributed by atoms with Crippen molar-refractivity contribution in [2.75, 3.05) is 0 Å². The molecule has 0 aromatic carbocycles. The molecule has 1 aromatic heterocycles. The summed E-state index contributed by atoms with van der Waals surface area (Å²) in [5.74, 6) is 1.57. The molecule has 1 aromatic rings. The van der Waals surface area contributed by atoms with Crippen LogP contribution in [0.4, 0.5) is 0 Å². The minimum Gasteiger partial charge on any atom is -0.463 e. The maximum Gasteiger partial charge on any atom is 0.150 e. The Morgan fingerprint density at radius 3 is 2.47 bits per heavy atom. The average Bonchev–Trinajstić information content (AvgIpc) is 2.75. The summed E-state index contributed by atoms with van der Waals surface area (Å²) >= 11 is 0. The van der Waals surface area contributed by atoms with Gasteiger partial charge in [-0.15, -0.1) is 0 Å². The van der Waals surface area contributed by atoms with E-state index in [4.69, 9.17) is 9.67 Å². The molecule has 1 heterocycles. The molecule has 0 bridgehead atoms. The zero-order valence-electron chi connectivity index (χ0n) is 10.9. The van der Waals surface area contributed by atoms with E-state index in [1.807, 2.05) is 19.1 Å². The highest BCUT2D eigenvalue weighted by atomic mass is 17.1. The van der Waals surface area contributed by atoms with Crippen LogP contribution in [0.15, 0.2) is 16.5 Å². The highest BCUT2D eigenvalue weighted by Crippen LogP contribution is 2.25. The number of rotatable bonds is 9. The van der Waals surface area contributed by atoms with E-state index in [0.29, 0.717) is 0 Å². The van der Waals surface area contributed by atoms with E-state index in [1.54, 1.807) is 0 Å². The lowest BCUT2D eigenvalue weighted by atomic mass is 10.1. The van der Waals surface area contributed by atoms with E-state index < -0.39 is 0 Å². The fourth-order valence-electron chi connectivity index (χ4n) is 1.98. The van der Waals surface area contributed by atoms with E-state index in [0.717, 1.165) is 24.4 Å². The van der Waals surface area contributed by atoms with Gasteiger partial charge in [-0.3, -0.25) is 5.26 Å². The fraction of sp³-hybridized carbons (Fsp3) is 0.714. The predicted octanol–water partition coefficient (Wildman–Crippen LogP) is 4.87. The second-order valence-electron chi connectivity index (χ2n) is 4.60. The van der Waals surface area contributed by atoms with Crippen LogP contribution >= 0.6 is 0 Å². The van der Waals surface area contributed by atoms with Crippen molar-refractivity contribution >= 4 is 0 Å². The number of aryl methyl sites for hydroxylation is 1. The molecule has 0 fully saturated rings. The van der Waals surface area contributed by atoms with Crippen molar-refractivity contribution in [3.8, 4) is 0 Å². The lowest BCUT2D eigenvalue weighted by Crippen LogP contribution is -2.00. The van der Waals surface area contributed by atoms with Gasteiger partial charge in [-0.05, 0) is 25.5 Å². The Morgan fingerprint density at radius 2 is 1.88 bits per heavy atom. The fourth-order valence-corrected chi connectivity index (χ4v) is 1.98. The first kappa shape index (κ1) is 14.3. The van der Waals surface area contributed by atoms with E-state index in [1.165, 1.54) is 32.1 Å². The minimum atomic E-state index is -0.310. The third-order valence-electron chi connectivity index (χ3n) is 3.03. The van der Waals surface area contributed by atoms with Crippen LogP contribution in [-0.2, 0) is 4.89 Å². The van der Waals surface area contributed by atoms with Gasteiger partial charge < -0.3 is 4.42 Å². The van der Waals surface area contributed by atoms with Crippen molar-refractivity contribution in [1.29, 1.82) is 0 Å². The maximum absolute atomic E-state index is 8.87. The molecule has 0 saturated heterocycles. The van der Waals surface area contributed by atoms with Crippen molar-refractivity contribution in [2.45, 2.75) is 64.9 Å². The lowest BCUT2D eigenvalue weighted by molar-refractivity contribution is -0.287. The molecule has 0 radical (unpaired) electrons. The van der Waals surface area contributed by atoms with Crippen LogP contribution in [0.5, 0.6) is 0 Å². The molecule has 0 aliphatic heterocycles. The molecule has 0 spiro atoms. The van der Waals surface area contributed by atoms with Gasteiger partial charge in [-0.25, -0.2) is 4.89 Å². The van der Waals surface area contributed by atoms with Gasteiger partial charge in [0.15, 0.2) is 6.10 Å². The topological polar surface area (TPSA) is 42.6 Å². The van der Waals surface area contributed by atoms with E-state index in [-0.39, 0.29) is 6.10 Å². The van der Waals surface area contributed by atoms with Gasteiger partial charge >= 0.3 is 0 Å². The van der Waals surface area contributed by atoms with Crippen molar-refractivity contribution in [1.82, 2.24) is 0 Å². The van der Waals surface area contributed by atoms with Gasteiger partial charge in [-0.1, -0.05) is 45.4 Å². The molecule has 3 nitrogen and oxygen atoms in total.